The van der Waals surface area contributed by atoms with Gasteiger partial charge in [-0.05, 0) is 29.2 Å². The summed E-state index contributed by atoms with van der Waals surface area (Å²) in [6, 6.07) is 13.1. The van der Waals surface area contributed by atoms with Crippen molar-refractivity contribution in [1.82, 2.24) is 5.32 Å². The molecule has 1 amide bonds. The van der Waals surface area contributed by atoms with Crippen molar-refractivity contribution in [2.24, 2.45) is 0 Å². The molecule has 0 bridgehead atoms. The largest absolute Gasteiger partial charge is 0.461 e. The lowest BCUT2D eigenvalue weighted by molar-refractivity contribution is -0.384. The first-order valence-corrected chi connectivity index (χ1v) is 8.64. The van der Waals surface area contributed by atoms with Crippen LogP contribution in [0.5, 0.6) is 0 Å². The van der Waals surface area contributed by atoms with Crippen molar-refractivity contribution in [2.75, 3.05) is 6.54 Å². The first-order valence-electron chi connectivity index (χ1n) is 8.64. The summed E-state index contributed by atoms with van der Waals surface area (Å²) >= 11 is 0. The van der Waals surface area contributed by atoms with E-state index >= 15 is 0 Å². The van der Waals surface area contributed by atoms with Gasteiger partial charge in [-0.3, -0.25) is 19.7 Å². The van der Waals surface area contributed by atoms with Gasteiger partial charge < -0.3 is 10.1 Å². The number of hydrogen-bond acceptors (Lipinski definition) is 5. The first kappa shape index (κ1) is 20.1. The van der Waals surface area contributed by atoms with Gasteiger partial charge in [-0.25, -0.2) is 0 Å². The molecule has 2 aromatic carbocycles. The molecule has 0 saturated heterocycles. The lowest BCUT2D eigenvalue weighted by Crippen LogP contribution is -2.26. The molecule has 0 atom stereocenters. The van der Waals surface area contributed by atoms with Gasteiger partial charge in [-0.2, -0.15) is 0 Å². The van der Waals surface area contributed by atoms with Crippen molar-refractivity contribution in [2.45, 2.75) is 32.8 Å². The zero-order valence-corrected chi connectivity index (χ0v) is 15.3. The highest BCUT2D eigenvalue weighted by molar-refractivity contribution is 5.94. The van der Waals surface area contributed by atoms with E-state index in [0.717, 1.165) is 5.56 Å². The molecule has 7 nitrogen and oxygen atoms in total. The average molecular weight is 370 g/mol. The third kappa shape index (κ3) is 6.22. The lowest BCUT2D eigenvalue weighted by Gasteiger charge is -2.08. The molecule has 0 aliphatic heterocycles. The smallest absolute Gasteiger partial charge is 0.307 e. The van der Waals surface area contributed by atoms with Crippen molar-refractivity contribution >= 4 is 17.6 Å². The molecule has 0 heterocycles. The molecule has 0 fully saturated rings. The Morgan fingerprint density at radius 2 is 1.70 bits per heavy atom. The predicted molar refractivity (Wildman–Crippen MR) is 100 cm³/mol. The van der Waals surface area contributed by atoms with Crippen LogP contribution in [-0.4, -0.2) is 23.3 Å². The number of nitro groups is 1. The van der Waals surface area contributed by atoms with Crippen molar-refractivity contribution in [1.29, 1.82) is 0 Å². The second-order valence-electron chi connectivity index (χ2n) is 6.37. The minimum absolute atomic E-state index is 0.0444. The van der Waals surface area contributed by atoms with Crippen LogP contribution < -0.4 is 5.32 Å². The van der Waals surface area contributed by atoms with Crippen molar-refractivity contribution in [3.05, 3.63) is 75.3 Å². The van der Waals surface area contributed by atoms with E-state index in [-0.39, 0.29) is 25.3 Å². The molecule has 0 unspecified atom stereocenters. The summed E-state index contributed by atoms with van der Waals surface area (Å²) in [6.45, 7) is 4.54. The fourth-order valence-corrected chi connectivity index (χ4v) is 2.35. The molecule has 2 aromatic rings. The summed E-state index contributed by atoms with van der Waals surface area (Å²) < 4.78 is 5.19. The van der Waals surface area contributed by atoms with Gasteiger partial charge in [0, 0.05) is 24.2 Å². The molecule has 0 saturated carbocycles. The van der Waals surface area contributed by atoms with Gasteiger partial charge >= 0.3 is 5.97 Å². The maximum atomic E-state index is 11.9. The van der Waals surface area contributed by atoms with E-state index < -0.39 is 16.8 Å². The Morgan fingerprint density at radius 3 is 2.26 bits per heavy atom. The minimum Gasteiger partial charge on any atom is -0.461 e. The number of nitrogens with zero attached hydrogens (tertiary/aromatic N) is 1. The monoisotopic (exact) mass is 370 g/mol. The Hall–Kier alpha value is -3.22. The maximum Gasteiger partial charge on any atom is 0.307 e. The summed E-state index contributed by atoms with van der Waals surface area (Å²) in [6.07, 6.45) is 0.0444. The van der Waals surface area contributed by atoms with Gasteiger partial charge in [0.1, 0.15) is 6.61 Å². The van der Waals surface area contributed by atoms with Gasteiger partial charge in [-0.1, -0.05) is 38.1 Å². The third-order valence-electron chi connectivity index (χ3n) is 4.00. The molecule has 2 rings (SSSR count). The molecular weight excluding hydrogens is 348 g/mol. The van der Waals surface area contributed by atoms with Gasteiger partial charge in [0.05, 0.1) is 11.3 Å². The Morgan fingerprint density at radius 1 is 1.07 bits per heavy atom. The van der Waals surface area contributed by atoms with Crippen LogP contribution in [0.25, 0.3) is 0 Å². The molecule has 0 spiro atoms. The first-order chi connectivity index (χ1) is 12.9. The lowest BCUT2D eigenvalue weighted by atomic mass is 10.0. The quantitative estimate of drug-likeness (QED) is 0.435. The molecular formula is C20H22N2O5. The van der Waals surface area contributed by atoms with E-state index in [2.05, 4.69) is 19.2 Å². The number of carbonyl (C=O) groups is 2. The van der Waals surface area contributed by atoms with E-state index in [4.69, 9.17) is 4.74 Å². The highest BCUT2D eigenvalue weighted by atomic mass is 16.6. The number of hydrogen-bond donors (Lipinski definition) is 1. The normalized spacial score (nSPS) is 10.5. The summed E-state index contributed by atoms with van der Waals surface area (Å²) in [5.74, 6) is -0.366. The zero-order valence-electron chi connectivity index (χ0n) is 15.3. The van der Waals surface area contributed by atoms with E-state index in [1.165, 1.54) is 29.8 Å². The van der Waals surface area contributed by atoms with Gasteiger partial charge in [0.25, 0.3) is 11.6 Å². The fraction of sp³-hybridized carbons (Fsp3) is 0.300. The number of nitro benzene ring substituents is 1. The highest BCUT2D eigenvalue weighted by Crippen LogP contribution is 2.15. The van der Waals surface area contributed by atoms with Gasteiger partial charge in [0.15, 0.2) is 0 Å². The molecule has 0 aliphatic carbocycles. The molecule has 0 aromatic heterocycles. The Labute approximate surface area is 157 Å². The van der Waals surface area contributed by atoms with E-state index in [9.17, 15) is 19.7 Å². The SMILES string of the molecule is CC(C)c1ccc(COC(=O)CCNC(=O)c2ccc([N+](=O)[O-])cc2)cc1. The van der Waals surface area contributed by atoms with Gasteiger partial charge in [-0.15, -0.1) is 0 Å². The number of carbonyl (C=O) groups excluding carboxylic acids is 2. The van der Waals surface area contributed by atoms with Crippen LogP contribution in [0.4, 0.5) is 5.69 Å². The van der Waals surface area contributed by atoms with Crippen LogP contribution in [-0.2, 0) is 16.1 Å². The zero-order chi connectivity index (χ0) is 19.8. The number of non-ortho nitro benzene ring substituents is 1. The van der Waals surface area contributed by atoms with Crippen LogP contribution in [0.1, 0.15) is 47.7 Å². The maximum absolute atomic E-state index is 11.9. The predicted octanol–water partition coefficient (Wildman–Crippen LogP) is 3.58. The third-order valence-corrected chi connectivity index (χ3v) is 4.00. The summed E-state index contributed by atoms with van der Waals surface area (Å²) in [7, 11) is 0. The van der Waals surface area contributed by atoms with E-state index in [1.807, 2.05) is 24.3 Å². The molecule has 142 valence electrons. The number of esters is 1. The van der Waals surface area contributed by atoms with Crippen LogP contribution in [0.3, 0.4) is 0 Å². The van der Waals surface area contributed by atoms with E-state index in [1.54, 1.807) is 0 Å². The number of benzene rings is 2. The second kappa shape index (κ2) is 9.47. The van der Waals surface area contributed by atoms with E-state index in [0.29, 0.717) is 11.5 Å². The summed E-state index contributed by atoms with van der Waals surface area (Å²) in [4.78, 5) is 33.8. The van der Waals surface area contributed by atoms with Crippen molar-refractivity contribution in [3.63, 3.8) is 0 Å². The molecule has 7 heteroatoms. The fourth-order valence-electron chi connectivity index (χ4n) is 2.35. The number of rotatable bonds is 8. The van der Waals surface area contributed by atoms with Crippen LogP contribution >= 0.6 is 0 Å². The Balaban J connectivity index is 1.72. The number of ether oxygens (including phenoxy) is 1. The second-order valence-corrected chi connectivity index (χ2v) is 6.37. The molecule has 1 N–H and O–H groups in total. The van der Waals surface area contributed by atoms with Crippen molar-refractivity contribution < 1.29 is 19.2 Å². The van der Waals surface area contributed by atoms with Crippen LogP contribution in [0.15, 0.2) is 48.5 Å². The number of nitrogens with one attached hydrogen (secondary N) is 1. The molecule has 0 radical (unpaired) electrons. The standard InChI is InChI=1S/C20H22N2O5/c1-14(2)16-5-3-15(4-6-16)13-27-19(23)11-12-21-20(24)17-7-9-18(10-8-17)22(25)26/h3-10,14H,11-13H2,1-2H3,(H,21,24). The summed E-state index contributed by atoms with van der Waals surface area (Å²) in [5, 5.41) is 13.2. The highest BCUT2D eigenvalue weighted by Gasteiger charge is 2.10. The minimum atomic E-state index is -0.534. The topological polar surface area (TPSA) is 98.5 Å². The van der Waals surface area contributed by atoms with Crippen LogP contribution in [0, 0.1) is 10.1 Å². The summed E-state index contributed by atoms with van der Waals surface area (Å²) in [5.41, 5.74) is 2.33. The molecule has 0 aliphatic rings. The Bertz CT molecular complexity index is 798. The molecule has 27 heavy (non-hydrogen) atoms. The average Bonchev–Trinajstić information content (AvgIpc) is 2.66. The van der Waals surface area contributed by atoms with Gasteiger partial charge in [0.2, 0.25) is 0 Å². The van der Waals surface area contributed by atoms with Crippen molar-refractivity contribution in [3.8, 4) is 0 Å². The van der Waals surface area contributed by atoms with Crippen LogP contribution in [0.2, 0.25) is 0 Å². The Kier molecular flexibility index (Phi) is 7.05. The number of amides is 1.